The molecular weight excluding hydrogens is 404 g/mol. The zero-order valence-corrected chi connectivity index (χ0v) is 18.3. The van der Waals surface area contributed by atoms with E-state index in [-0.39, 0.29) is 11.5 Å². The lowest BCUT2D eigenvalue weighted by atomic mass is 9.52. The van der Waals surface area contributed by atoms with Crippen LogP contribution in [0.1, 0.15) is 48.8 Å². The average Bonchev–Trinajstić information content (AvgIpc) is 2.83. The lowest BCUT2D eigenvalue weighted by Gasteiger charge is -2.58. The molecule has 6 nitrogen and oxygen atoms in total. The van der Waals surface area contributed by atoms with Crippen LogP contribution < -0.4 is 14.8 Å². The maximum absolute atomic E-state index is 12.1. The van der Waals surface area contributed by atoms with Gasteiger partial charge in [0.2, 0.25) is 0 Å². The van der Waals surface area contributed by atoms with E-state index in [4.69, 9.17) is 9.47 Å². The van der Waals surface area contributed by atoms with Crippen molar-refractivity contribution in [2.45, 2.75) is 56.6 Å². The summed E-state index contributed by atoms with van der Waals surface area (Å²) in [6.07, 6.45) is 5.50. The second-order valence-electron chi connectivity index (χ2n) is 9.66. The molecule has 0 radical (unpaired) electrons. The number of nitrogens with zero attached hydrogens (tertiary/aromatic N) is 1. The van der Waals surface area contributed by atoms with Crippen LogP contribution in [0.5, 0.6) is 11.5 Å². The smallest absolute Gasteiger partial charge is 0.407 e. The molecule has 2 heterocycles. The van der Waals surface area contributed by atoms with Gasteiger partial charge in [-0.15, -0.1) is 0 Å². The van der Waals surface area contributed by atoms with Crippen molar-refractivity contribution in [1.82, 2.24) is 4.90 Å². The number of anilines is 1. The molecule has 1 saturated heterocycles. The molecule has 2 fully saturated rings. The molecule has 0 aromatic heterocycles. The highest BCUT2D eigenvalue weighted by Crippen LogP contribution is 2.59. The summed E-state index contributed by atoms with van der Waals surface area (Å²) in [7, 11) is 0. The quantitative estimate of drug-likeness (QED) is 0.726. The second-order valence-corrected chi connectivity index (χ2v) is 9.66. The minimum absolute atomic E-state index is 0.0431. The first-order valence-electron chi connectivity index (χ1n) is 11.9. The number of hydrogen-bond acceptors (Lipinski definition) is 4. The van der Waals surface area contributed by atoms with Crippen molar-refractivity contribution in [3.8, 4) is 11.5 Å². The van der Waals surface area contributed by atoms with Crippen LogP contribution >= 0.6 is 0 Å². The molecule has 2 aromatic rings. The summed E-state index contributed by atoms with van der Waals surface area (Å²) in [6.45, 7) is 2.48. The maximum atomic E-state index is 12.1. The van der Waals surface area contributed by atoms with Gasteiger partial charge in [-0.1, -0.05) is 43.2 Å². The summed E-state index contributed by atoms with van der Waals surface area (Å²) in [6, 6.07) is 12.5. The van der Waals surface area contributed by atoms with Crippen LogP contribution in [0.4, 0.5) is 10.5 Å². The molecule has 168 valence electrons. The predicted octanol–water partition coefficient (Wildman–Crippen LogP) is 4.81. The molecular formula is C26H30N2O4. The highest BCUT2D eigenvalue weighted by atomic mass is 16.5. The number of ether oxygens (including phenoxy) is 2. The lowest BCUT2D eigenvalue weighted by Crippen LogP contribution is -2.62. The van der Waals surface area contributed by atoms with Crippen molar-refractivity contribution < 1.29 is 19.4 Å². The van der Waals surface area contributed by atoms with E-state index in [1.165, 1.54) is 24.0 Å². The van der Waals surface area contributed by atoms with Gasteiger partial charge in [0.05, 0.1) is 5.69 Å². The molecule has 6 heteroatoms. The Morgan fingerprint density at radius 2 is 2.12 bits per heavy atom. The van der Waals surface area contributed by atoms with Gasteiger partial charge < -0.3 is 24.8 Å². The molecule has 3 unspecified atom stereocenters. The zero-order chi connectivity index (χ0) is 21.7. The van der Waals surface area contributed by atoms with Crippen molar-refractivity contribution in [1.29, 1.82) is 0 Å². The van der Waals surface area contributed by atoms with Gasteiger partial charge in [0.25, 0.3) is 0 Å². The zero-order valence-electron chi connectivity index (χ0n) is 18.3. The predicted molar refractivity (Wildman–Crippen MR) is 122 cm³/mol. The number of fused-ring (bicyclic) bond motifs is 3. The van der Waals surface area contributed by atoms with E-state index in [1.54, 1.807) is 4.90 Å². The molecule has 0 spiro atoms. The van der Waals surface area contributed by atoms with E-state index in [1.807, 2.05) is 18.2 Å². The first-order valence-corrected chi connectivity index (χ1v) is 11.9. The monoisotopic (exact) mass is 434 g/mol. The summed E-state index contributed by atoms with van der Waals surface area (Å²) in [5.74, 6) is 1.99. The molecule has 6 rings (SSSR count). The van der Waals surface area contributed by atoms with Crippen molar-refractivity contribution >= 4 is 11.8 Å². The van der Waals surface area contributed by atoms with E-state index >= 15 is 0 Å². The third-order valence-electron chi connectivity index (χ3n) is 8.20. The number of nitrogens with one attached hydrogen (secondary N) is 1. The van der Waals surface area contributed by atoms with Crippen LogP contribution in [-0.4, -0.2) is 41.8 Å². The molecule has 2 aliphatic carbocycles. The lowest BCUT2D eigenvalue weighted by molar-refractivity contribution is -0.00286. The van der Waals surface area contributed by atoms with Crippen LogP contribution in [0.2, 0.25) is 0 Å². The summed E-state index contributed by atoms with van der Waals surface area (Å²) in [5, 5.41) is 13.5. The minimum Gasteiger partial charge on any atom is -0.486 e. The number of carboxylic acid groups (broad SMARTS) is 1. The molecule has 3 atom stereocenters. The van der Waals surface area contributed by atoms with Crippen LogP contribution in [0.15, 0.2) is 36.4 Å². The third kappa shape index (κ3) is 2.95. The van der Waals surface area contributed by atoms with Gasteiger partial charge in [0.1, 0.15) is 13.2 Å². The Bertz CT molecular complexity index is 1040. The highest BCUT2D eigenvalue weighted by Gasteiger charge is 2.56. The van der Waals surface area contributed by atoms with Gasteiger partial charge in [-0.05, 0) is 54.4 Å². The van der Waals surface area contributed by atoms with E-state index in [0.717, 1.165) is 55.0 Å². The van der Waals surface area contributed by atoms with Crippen molar-refractivity contribution in [3.63, 3.8) is 0 Å². The Balaban J connectivity index is 1.46. The third-order valence-corrected chi connectivity index (χ3v) is 8.20. The number of hydrogen-bond donors (Lipinski definition) is 2. The molecule has 1 saturated carbocycles. The number of likely N-dealkylation sites (tertiary alicyclic amines) is 1. The molecule has 2 bridgehead atoms. The topological polar surface area (TPSA) is 71.0 Å². The van der Waals surface area contributed by atoms with Crippen molar-refractivity contribution in [3.05, 3.63) is 53.1 Å². The SMILES string of the molecule is O=C(O)N1CCC23CCCCC2C1Cc1c3cc(OCc2ccccc2)c2c1NCCO2. The Kier molecular flexibility index (Phi) is 4.70. The fourth-order valence-electron chi connectivity index (χ4n) is 6.85. The Morgan fingerprint density at radius 3 is 2.97 bits per heavy atom. The summed E-state index contributed by atoms with van der Waals surface area (Å²) in [4.78, 5) is 13.8. The Labute approximate surface area is 188 Å². The van der Waals surface area contributed by atoms with Gasteiger partial charge >= 0.3 is 6.09 Å². The van der Waals surface area contributed by atoms with E-state index < -0.39 is 6.09 Å². The normalized spacial score (nSPS) is 27.8. The van der Waals surface area contributed by atoms with Gasteiger partial charge in [-0.2, -0.15) is 0 Å². The largest absolute Gasteiger partial charge is 0.486 e. The number of amides is 1. The van der Waals surface area contributed by atoms with Crippen LogP contribution in [0, 0.1) is 5.92 Å². The Hall–Kier alpha value is -2.89. The first kappa shape index (κ1) is 19.8. The summed E-state index contributed by atoms with van der Waals surface area (Å²) in [5.41, 5.74) is 4.83. The number of piperidine rings is 1. The van der Waals surface area contributed by atoms with Crippen molar-refractivity contribution in [2.75, 3.05) is 25.0 Å². The first-order chi connectivity index (χ1) is 15.7. The van der Waals surface area contributed by atoms with Gasteiger partial charge in [-0.25, -0.2) is 4.79 Å². The molecule has 1 amide bonds. The van der Waals surface area contributed by atoms with Crippen LogP contribution in [0.25, 0.3) is 0 Å². The summed E-state index contributed by atoms with van der Waals surface area (Å²) < 4.78 is 12.5. The number of benzene rings is 2. The molecule has 2 N–H and O–H groups in total. The van der Waals surface area contributed by atoms with Crippen LogP contribution in [0.3, 0.4) is 0 Å². The molecule has 32 heavy (non-hydrogen) atoms. The fraction of sp³-hybridized carbons (Fsp3) is 0.500. The van der Waals surface area contributed by atoms with Crippen molar-refractivity contribution in [2.24, 2.45) is 5.92 Å². The van der Waals surface area contributed by atoms with E-state index in [2.05, 4.69) is 23.5 Å². The second kappa shape index (κ2) is 7.61. The molecule has 2 aliphatic heterocycles. The average molecular weight is 435 g/mol. The highest BCUT2D eigenvalue weighted by molar-refractivity contribution is 5.74. The van der Waals surface area contributed by atoms with E-state index in [9.17, 15) is 9.90 Å². The standard InChI is InChI=1S/C26H30N2O4/c29-25(30)28-12-10-26-9-5-4-8-19(26)21(28)14-18-20(26)15-22(24-23(18)27-11-13-31-24)32-16-17-6-2-1-3-7-17/h1-3,6-7,15,19,21,27H,4-5,8-14,16H2,(H,29,30). The van der Waals surface area contributed by atoms with Gasteiger partial charge in [0.15, 0.2) is 11.5 Å². The van der Waals surface area contributed by atoms with Gasteiger partial charge in [-0.3, -0.25) is 0 Å². The van der Waals surface area contributed by atoms with Crippen LogP contribution in [-0.2, 0) is 18.4 Å². The van der Waals surface area contributed by atoms with Gasteiger partial charge in [0, 0.05) is 24.5 Å². The number of carbonyl (C=O) groups is 1. The fourth-order valence-corrected chi connectivity index (χ4v) is 6.85. The minimum atomic E-state index is -0.779. The molecule has 2 aromatic carbocycles. The summed E-state index contributed by atoms with van der Waals surface area (Å²) >= 11 is 0. The number of rotatable bonds is 3. The maximum Gasteiger partial charge on any atom is 0.407 e. The van der Waals surface area contributed by atoms with E-state index in [0.29, 0.717) is 25.7 Å². The molecule has 4 aliphatic rings. The Morgan fingerprint density at radius 1 is 1.25 bits per heavy atom.